The van der Waals surface area contributed by atoms with Crippen molar-refractivity contribution in [3.63, 3.8) is 0 Å². The first kappa shape index (κ1) is 16.5. The van der Waals surface area contributed by atoms with E-state index in [0.717, 1.165) is 35.7 Å². The highest BCUT2D eigenvalue weighted by Gasteiger charge is 2.38. The summed E-state index contributed by atoms with van der Waals surface area (Å²) in [6, 6.07) is 8.38. The van der Waals surface area contributed by atoms with Gasteiger partial charge in [0.05, 0.1) is 5.92 Å². The van der Waals surface area contributed by atoms with Crippen molar-refractivity contribution in [2.24, 2.45) is 11.8 Å². The minimum absolute atomic E-state index is 0.127. The highest BCUT2D eigenvalue weighted by atomic mass is 79.9. The Morgan fingerprint density at radius 1 is 1.17 bits per heavy atom. The molecule has 2 fully saturated rings. The lowest BCUT2D eigenvalue weighted by molar-refractivity contribution is -0.145. The third kappa shape index (κ3) is 4.14. The van der Waals surface area contributed by atoms with E-state index < -0.39 is 5.97 Å². The number of carboxylic acid groups (broad SMARTS) is 1. The first-order valence-electron chi connectivity index (χ1n) is 8.32. The number of hydrogen-bond donors (Lipinski definition) is 1. The van der Waals surface area contributed by atoms with Crippen molar-refractivity contribution < 1.29 is 14.7 Å². The van der Waals surface area contributed by atoms with Gasteiger partial charge < -0.3 is 10.0 Å². The summed E-state index contributed by atoms with van der Waals surface area (Å²) in [6.07, 6.45) is 4.99. The highest BCUT2D eigenvalue weighted by molar-refractivity contribution is 9.10. The molecule has 2 aliphatic rings. The fraction of sp³-hybridized carbons (Fsp3) is 0.556. The van der Waals surface area contributed by atoms with Gasteiger partial charge in [-0.15, -0.1) is 0 Å². The van der Waals surface area contributed by atoms with E-state index in [0.29, 0.717) is 25.4 Å². The Morgan fingerprint density at radius 3 is 2.57 bits per heavy atom. The number of nitrogens with zero attached hydrogens (tertiary/aromatic N) is 1. The Bertz CT molecular complexity index is 600. The molecule has 0 radical (unpaired) electrons. The number of rotatable bonds is 5. The molecule has 3 rings (SSSR count). The number of aliphatic carboxylic acids is 1. The largest absolute Gasteiger partial charge is 0.481 e. The van der Waals surface area contributed by atoms with Crippen LogP contribution in [0.4, 0.5) is 0 Å². The zero-order chi connectivity index (χ0) is 16.4. The van der Waals surface area contributed by atoms with Gasteiger partial charge in [-0.3, -0.25) is 9.59 Å². The van der Waals surface area contributed by atoms with Crippen molar-refractivity contribution in [2.75, 3.05) is 0 Å². The molecule has 0 saturated heterocycles. The Labute approximate surface area is 145 Å². The Morgan fingerprint density at radius 2 is 1.91 bits per heavy atom. The summed E-state index contributed by atoms with van der Waals surface area (Å²) in [4.78, 5) is 26.2. The van der Waals surface area contributed by atoms with Crippen LogP contribution in [-0.4, -0.2) is 27.9 Å². The molecule has 2 atom stereocenters. The lowest BCUT2D eigenvalue weighted by Gasteiger charge is -2.31. The molecule has 0 bridgehead atoms. The standard InChI is InChI=1S/C18H22BrNO3/c19-15-6-1-3-12(9-15)11-20(16-7-8-16)17(21)13-4-2-5-14(10-13)18(22)23/h1,3,6,9,13-14,16H,2,4-5,7-8,10-11H2,(H,22,23). The molecule has 23 heavy (non-hydrogen) atoms. The van der Waals surface area contributed by atoms with Crippen LogP contribution in [0.5, 0.6) is 0 Å². The van der Waals surface area contributed by atoms with E-state index in [1.807, 2.05) is 29.2 Å². The molecule has 1 N–H and O–H groups in total. The van der Waals surface area contributed by atoms with Gasteiger partial charge in [0.15, 0.2) is 0 Å². The number of amides is 1. The molecule has 5 heteroatoms. The lowest BCUT2D eigenvalue weighted by atomic mass is 9.80. The van der Waals surface area contributed by atoms with E-state index >= 15 is 0 Å². The molecule has 2 saturated carbocycles. The number of carbonyl (C=O) groups excluding carboxylic acids is 1. The van der Waals surface area contributed by atoms with Gasteiger partial charge in [-0.05, 0) is 49.8 Å². The molecule has 1 aromatic rings. The normalized spacial score (nSPS) is 24.2. The van der Waals surface area contributed by atoms with Crippen LogP contribution in [0.2, 0.25) is 0 Å². The lowest BCUT2D eigenvalue weighted by Crippen LogP contribution is -2.40. The molecule has 0 spiro atoms. The maximum atomic E-state index is 13.0. The summed E-state index contributed by atoms with van der Waals surface area (Å²) in [5.41, 5.74) is 1.12. The molecule has 1 aromatic carbocycles. The molecule has 0 heterocycles. The zero-order valence-electron chi connectivity index (χ0n) is 13.1. The van der Waals surface area contributed by atoms with E-state index in [1.165, 1.54) is 0 Å². The van der Waals surface area contributed by atoms with E-state index in [4.69, 9.17) is 0 Å². The number of carbonyl (C=O) groups is 2. The fourth-order valence-electron chi connectivity index (χ4n) is 3.48. The molecular formula is C18H22BrNO3. The Balaban J connectivity index is 1.70. The molecule has 2 aliphatic carbocycles. The van der Waals surface area contributed by atoms with Gasteiger partial charge in [0, 0.05) is 23.0 Å². The average Bonchev–Trinajstić information content (AvgIpc) is 3.37. The molecule has 124 valence electrons. The first-order chi connectivity index (χ1) is 11.0. The second kappa shape index (κ2) is 7.04. The van der Waals surface area contributed by atoms with E-state index in [-0.39, 0.29) is 17.7 Å². The van der Waals surface area contributed by atoms with Crippen LogP contribution in [0.15, 0.2) is 28.7 Å². The quantitative estimate of drug-likeness (QED) is 0.845. The van der Waals surface area contributed by atoms with Crippen molar-refractivity contribution in [3.8, 4) is 0 Å². The third-order valence-electron chi connectivity index (χ3n) is 4.89. The van der Waals surface area contributed by atoms with Crippen molar-refractivity contribution in [3.05, 3.63) is 34.3 Å². The Kier molecular flexibility index (Phi) is 5.05. The van der Waals surface area contributed by atoms with Crippen LogP contribution >= 0.6 is 15.9 Å². The summed E-state index contributed by atoms with van der Waals surface area (Å²) < 4.78 is 1.02. The van der Waals surface area contributed by atoms with Gasteiger partial charge >= 0.3 is 5.97 Å². The fourth-order valence-corrected chi connectivity index (χ4v) is 3.92. The molecule has 0 aromatic heterocycles. The maximum Gasteiger partial charge on any atom is 0.306 e. The van der Waals surface area contributed by atoms with Crippen LogP contribution < -0.4 is 0 Å². The third-order valence-corrected chi connectivity index (χ3v) is 5.38. The van der Waals surface area contributed by atoms with Gasteiger partial charge in [0.25, 0.3) is 0 Å². The van der Waals surface area contributed by atoms with Gasteiger partial charge in [-0.25, -0.2) is 0 Å². The molecule has 1 amide bonds. The van der Waals surface area contributed by atoms with Crippen LogP contribution in [0.1, 0.15) is 44.1 Å². The minimum Gasteiger partial charge on any atom is -0.481 e. The second-order valence-corrected chi connectivity index (χ2v) is 7.64. The van der Waals surface area contributed by atoms with Gasteiger partial charge in [0.1, 0.15) is 0 Å². The van der Waals surface area contributed by atoms with Crippen LogP contribution in [0.25, 0.3) is 0 Å². The smallest absolute Gasteiger partial charge is 0.306 e. The van der Waals surface area contributed by atoms with Crippen LogP contribution in [0.3, 0.4) is 0 Å². The monoisotopic (exact) mass is 379 g/mol. The van der Waals surface area contributed by atoms with Crippen LogP contribution in [-0.2, 0) is 16.1 Å². The highest BCUT2D eigenvalue weighted by Crippen LogP contribution is 2.35. The summed E-state index contributed by atoms with van der Waals surface area (Å²) in [7, 11) is 0. The number of hydrogen-bond acceptors (Lipinski definition) is 2. The van der Waals surface area contributed by atoms with E-state index in [1.54, 1.807) is 0 Å². The van der Waals surface area contributed by atoms with Crippen molar-refractivity contribution in [1.82, 2.24) is 4.90 Å². The van der Waals surface area contributed by atoms with Gasteiger partial charge in [-0.2, -0.15) is 0 Å². The minimum atomic E-state index is -0.757. The number of carboxylic acids is 1. The molecular weight excluding hydrogens is 358 g/mol. The van der Waals surface area contributed by atoms with Gasteiger partial charge in [-0.1, -0.05) is 34.5 Å². The topological polar surface area (TPSA) is 57.6 Å². The predicted octanol–water partition coefficient (Wildman–Crippen LogP) is 3.83. The first-order valence-corrected chi connectivity index (χ1v) is 9.11. The zero-order valence-corrected chi connectivity index (χ0v) is 14.7. The molecule has 4 nitrogen and oxygen atoms in total. The van der Waals surface area contributed by atoms with E-state index in [9.17, 15) is 14.7 Å². The number of halogens is 1. The summed E-state index contributed by atoms with van der Waals surface area (Å²) in [6.45, 7) is 0.622. The Hall–Kier alpha value is -1.36. The van der Waals surface area contributed by atoms with Crippen LogP contribution in [0, 0.1) is 11.8 Å². The van der Waals surface area contributed by atoms with Crippen molar-refractivity contribution in [2.45, 2.75) is 51.1 Å². The summed E-state index contributed by atoms with van der Waals surface area (Å²) in [5.74, 6) is -1.09. The second-order valence-electron chi connectivity index (χ2n) is 6.73. The molecule has 2 unspecified atom stereocenters. The molecule has 0 aliphatic heterocycles. The van der Waals surface area contributed by atoms with E-state index in [2.05, 4.69) is 15.9 Å². The van der Waals surface area contributed by atoms with Gasteiger partial charge in [0.2, 0.25) is 5.91 Å². The maximum absolute atomic E-state index is 13.0. The SMILES string of the molecule is O=C(O)C1CCCC(C(=O)N(Cc2cccc(Br)c2)C2CC2)C1. The number of benzene rings is 1. The predicted molar refractivity (Wildman–Crippen MR) is 90.8 cm³/mol. The van der Waals surface area contributed by atoms with Crippen molar-refractivity contribution >= 4 is 27.8 Å². The summed E-state index contributed by atoms with van der Waals surface area (Å²) >= 11 is 3.47. The average molecular weight is 380 g/mol. The van der Waals surface area contributed by atoms with Crippen molar-refractivity contribution in [1.29, 1.82) is 0 Å². The summed E-state index contributed by atoms with van der Waals surface area (Å²) in [5, 5.41) is 9.23.